The fraction of sp³-hybridized carbons (Fsp3) is 0.333. The number of carbonyl (C=O) groups is 2. The summed E-state index contributed by atoms with van der Waals surface area (Å²) in [6.45, 7) is 0.508. The summed E-state index contributed by atoms with van der Waals surface area (Å²) in [6.07, 6.45) is 0.388. The summed E-state index contributed by atoms with van der Waals surface area (Å²) in [4.78, 5) is 25.2. The number of anilines is 1. The van der Waals surface area contributed by atoms with Crippen LogP contribution in [-0.4, -0.2) is 30.7 Å². The quantitative estimate of drug-likeness (QED) is 0.813. The van der Waals surface area contributed by atoms with Crippen LogP contribution < -0.4 is 10.2 Å². The van der Waals surface area contributed by atoms with E-state index in [1.54, 1.807) is 30.1 Å². The second-order valence-electron chi connectivity index (χ2n) is 4.10. The molecule has 2 rings (SSSR count). The van der Waals surface area contributed by atoms with Gasteiger partial charge in [-0.15, -0.1) is 0 Å². The Bertz CT molecular complexity index is 507. The second-order valence-corrected chi connectivity index (χ2v) is 5.27. The molecule has 1 N–H and O–H groups in total. The molecule has 1 saturated heterocycles. The number of halogens is 1. The van der Waals surface area contributed by atoms with Crippen molar-refractivity contribution < 1.29 is 9.59 Å². The van der Waals surface area contributed by atoms with Crippen molar-refractivity contribution in [3.63, 3.8) is 0 Å². The van der Waals surface area contributed by atoms with Gasteiger partial charge in [-0.25, -0.2) is 0 Å². The van der Waals surface area contributed by atoms with Gasteiger partial charge in [0.25, 0.3) is 5.91 Å². The number of hydrogen-bond acceptors (Lipinski definition) is 3. The van der Waals surface area contributed by atoms with Gasteiger partial charge in [0.05, 0.1) is 11.3 Å². The molecule has 0 aromatic heterocycles. The summed E-state index contributed by atoms with van der Waals surface area (Å²) in [6, 6.07) is 4.92. The highest BCUT2D eigenvalue weighted by molar-refractivity contribution is 7.81. The molecule has 96 valence electrons. The smallest absolute Gasteiger partial charge is 0.253 e. The van der Waals surface area contributed by atoms with Crippen LogP contribution in [0, 0.1) is 0 Å². The fourth-order valence-electron chi connectivity index (χ4n) is 1.98. The van der Waals surface area contributed by atoms with Crippen molar-refractivity contribution >= 4 is 41.7 Å². The number of rotatable bonds is 2. The zero-order valence-electron chi connectivity index (χ0n) is 9.81. The molecule has 0 bridgehead atoms. The molecular formula is C12H13ClN2O2S. The van der Waals surface area contributed by atoms with Gasteiger partial charge in [0.1, 0.15) is 0 Å². The van der Waals surface area contributed by atoms with E-state index in [0.717, 1.165) is 0 Å². The average Bonchev–Trinajstić information content (AvgIpc) is 2.67. The Hall–Kier alpha value is -1.20. The van der Waals surface area contributed by atoms with E-state index in [9.17, 15) is 9.59 Å². The van der Waals surface area contributed by atoms with Crippen LogP contribution in [0.15, 0.2) is 18.2 Å². The monoisotopic (exact) mass is 284 g/mol. The second kappa shape index (κ2) is 5.20. The Kier molecular flexibility index (Phi) is 3.82. The van der Waals surface area contributed by atoms with Gasteiger partial charge in [0.2, 0.25) is 5.91 Å². The molecule has 1 aliphatic heterocycles. The van der Waals surface area contributed by atoms with Crippen molar-refractivity contribution in [2.24, 2.45) is 0 Å². The van der Waals surface area contributed by atoms with E-state index in [0.29, 0.717) is 29.2 Å². The molecule has 1 aliphatic rings. The van der Waals surface area contributed by atoms with Crippen LogP contribution in [0.25, 0.3) is 0 Å². The van der Waals surface area contributed by atoms with Crippen molar-refractivity contribution in [3.05, 3.63) is 28.8 Å². The van der Waals surface area contributed by atoms with E-state index in [1.165, 1.54) is 0 Å². The molecule has 0 saturated carbocycles. The average molecular weight is 285 g/mol. The predicted molar refractivity (Wildman–Crippen MR) is 74.6 cm³/mol. The summed E-state index contributed by atoms with van der Waals surface area (Å²) in [7, 11) is 1.54. The Morgan fingerprint density at radius 1 is 1.56 bits per heavy atom. The first-order valence-electron chi connectivity index (χ1n) is 5.53. The number of nitrogens with one attached hydrogen (secondary N) is 1. The van der Waals surface area contributed by atoms with Crippen LogP contribution in [0.3, 0.4) is 0 Å². The summed E-state index contributed by atoms with van der Waals surface area (Å²) < 4.78 is 0. The number of benzene rings is 1. The topological polar surface area (TPSA) is 49.4 Å². The first kappa shape index (κ1) is 13.2. The summed E-state index contributed by atoms with van der Waals surface area (Å²) >= 11 is 10.2. The van der Waals surface area contributed by atoms with E-state index < -0.39 is 0 Å². The summed E-state index contributed by atoms with van der Waals surface area (Å²) in [5.74, 6) is -0.287. The molecule has 0 spiro atoms. The highest BCUT2D eigenvalue weighted by Gasteiger charge is 2.30. The highest BCUT2D eigenvalue weighted by atomic mass is 35.5. The van der Waals surface area contributed by atoms with Crippen LogP contribution in [-0.2, 0) is 4.79 Å². The number of carbonyl (C=O) groups excluding carboxylic acids is 2. The van der Waals surface area contributed by atoms with Crippen molar-refractivity contribution in [1.82, 2.24) is 5.32 Å². The lowest BCUT2D eigenvalue weighted by molar-refractivity contribution is -0.117. The Morgan fingerprint density at radius 3 is 2.83 bits per heavy atom. The van der Waals surface area contributed by atoms with Crippen LogP contribution >= 0.6 is 24.2 Å². The Labute approximate surface area is 116 Å². The molecule has 2 amide bonds. The Morgan fingerprint density at radius 2 is 2.28 bits per heavy atom. The zero-order chi connectivity index (χ0) is 13.3. The van der Waals surface area contributed by atoms with Gasteiger partial charge in [-0.3, -0.25) is 9.59 Å². The lowest BCUT2D eigenvalue weighted by Gasteiger charge is -2.19. The van der Waals surface area contributed by atoms with E-state index in [2.05, 4.69) is 17.9 Å². The maximum absolute atomic E-state index is 11.8. The molecule has 18 heavy (non-hydrogen) atoms. The van der Waals surface area contributed by atoms with Gasteiger partial charge in [0, 0.05) is 30.3 Å². The van der Waals surface area contributed by atoms with Gasteiger partial charge in [-0.1, -0.05) is 11.6 Å². The number of hydrogen-bond donors (Lipinski definition) is 2. The van der Waals surface area contributed by atoms with E-state index in [4.69, 9.17) is 11.6 Å². The standard InChI is InChI=1S/C12H13ClN2O2S/c1-14-12(17)9-4-7(13)2-3-10(9)15-6-8(18)5-11(15)16/h2-4,8,18H,5-6H2,1H3,(H,14,17). The number of amides is 2. The van der Waals surface area contributed by atoms with Crippen LogP contribution in [0.2, 0.25) is 5.02 Å². The lowest BCUT2D eigenvalue weighted by atomic mass is 10.1. The first-order valence-corrected chi connectivity index (χ1v) is 6.42. The van der Waals surface area contributed by atoms with Crippen LogP contribution in [0.1, 0.15) is 16.8 Å². The molecule has 1 atom stereocenters. The molecule has 1 fully saturated rings. The normalized spacial score (nSPS) is 19.2. The molecular weight excluding hydrogens is 272 g/mol. The van der Waals surface area contributed by atoms with Gasteiger partial charge in [-0.05, 0) is 18.2 Å². The Balaban J connectivity index is 2.44. The molecule has 6 heteroatoms. The molecule has 4 nitrogen and oxygen atoms in total. The highest BCUT2D eigenvalue weighted by Crippen LogP contribution is 2.29. The molecule has 1 aromatic carbocycles. The van der Waals surface area contributed by atoms with Crippen molar-refractivity contribution in [2.45, 2.75) is 11.7 Å². The maximum Gasteiger partial charge on any atom is 0.253 e. The van der Waals surface area contributed by atoms with E-state index in [1.807, 2.05) is 0 Å². The van der Waals surface area contributed by atoms with Crippen molar-refractivity contribution in [2.75, 3.05) is 18.5 Å². The van der Waals surface area contributed by atoms with Crippen LogP contribution in [0.4, 0.5) is 5.69 Å². The van der Waals surface area contributed by atoms with Gasteiger partial charge < -0.3 is 10.2 Å². The maximum atomic E-state index is 11.8. The van der Waals surface area contributed by atoms with Gasteiger partial charge in [-0.2, -0.15) is 12.6 Å². The fourth-order valence-corrected chi connectivity index (χ4v) is 2.47. The first-order chi connectivity index (χ1) is 8.52. The predicted octanol–water partition coefficient (Wildman–Crippen LogP) is 1.73. The van der Waals surface area contributed by atoms with Gasteiger partial charge >= 0.3 is 0 Å². The number of thiol groups is 1. The summed E-state index contributed by atoms with van der Waals surface area (Å²) in [5, 5.41) is 3.01. The van der Waals surface area contributed by atoms with Crippen molar-refractivity contribution in [3.8, 4) is 0 Å². The SMILES string of the molecule is CNC(=O)c1cc(Cl)ccc1N1CC(S)CC1=O. The number of nitrogens with zero attached hydrogens (tertiary/aromatic N) is 1. The minimum Gasteiger partial charge on any atom is -0.355 e. The molecule has 0 radical (unpaired) electrons. The molecule has 0 aliphatic carbocycles. The molecule has 1 aromatic rings. The van der Waals surface area contributed by atoms with E-state index in [-0.39, 0.29) is 17.1 Å². The minimum atomic E-state index is -0.261. The lowest BCUT2D eigenvalue weighted by Crippen LogP contribution is -2.28. The molecule has 1 heterocycles. The van der Waals surface area contributed by atoms with Crippen LogP contribution in [0.5, 0.6) is 0 Å². The van der Waals surface area contributed by atoms with E-state index >= 15 is 0 Å². The zero-order valence-corrected chi connectivity index (χ0v) is 11.5. The third-order valence-corrected chi connectivity index (χ3v) is 3.41. The van der Waals surface area contributed by atoms with Gasteiger partial charge in [0.15, 0.2) is 0 Å². The summed E-state index contributed by atoms with van der Waals surface area (Å²) in [5.41, 5.74) is 0.987. The molecule has 1 unspecified atom stereocenters. The van der Waals surface area contributed by atoms with Crippen molar-refractivity contribution in [1.29, 1.82) is 0 Å². The third-order valence-electron chi connectivity index (χ3n) is 2.83. The largest absolute Gasteiger partial charge is 0.355 e. The third kappa shape index (κ3) is 2.47. The minimum absolute atomic E-state index is 0.00529.